The molecule has 1 aliphatic rings. The number of pyridine rings is 1. The largest absolute Gasteiger partial charge is 0.491 e. The maximum absolute atomic E-state index is 12.7. The first-order chi connectivity index (χ1) is 15.9. The Hall–Kier alpha value is -3.88. The minimum absolute atomic E-state index is 0. The summed E-state index contributed by atoms with van der Waals surface area (Å²) in [6, 6.07) is 8.15. The molecule has 0 bridgehead atoms. The van der Waals surface area contributed by atoms with E-state index >= 15 is 0 Å². The van der Waals surface area contributed by atoms with Gasteiger partial charge in [0.2, 0.25) is 0 Å². The predicted octanol–water partition coefficient (Wildman–Crippen LogP) is 3.37. The third kappa shape index (κ3) is 6.55. The van der Waals surface area contributed by atoms with E-state index in [1.165, 1.54) is 12.3 Å². The summed E-state index contributed by atoms with van der Waals surface area (Å²) in [7, 11) is 1.72. The van der Waals surface area contributed by atoms with E-state index in [0.717, 1.165) is 25.9 Å². The molecular formula is C24H31N5O4. The van der Waals surface area contributed by atoms with Crippen molar-refractivity contribution >= 4 is 17.6 Å². The zero-order valence-electron chi connectivity index (χ0n) is 19.1. The SMILES string of the molecule is CC[C@H](C)Oc1cc(Oc2ccc(C(=O)N3CCC3)nc2)cc(C(=O)N=C(N)/C=C\NC)c1.[HH]. The van der Waals surface area contributed by atoms with E-state index in [0.29, 0.717) is 22.9 Å². The lowest BCUT2D eigenvalue weighted by atomic mass is 10.2. The highest BCUT2D eigenvalue weighted by atomic mass is 16.5. The van der Waals surface area contributed by atoms with Gasteiger partial charge in [-0.05, 0) is 56.3 Å². The molecular weight excluding hydrogens is 422 g/mol. The van der Waals surface area contributed by atoms with Crippen LogP contribution >= 0.6 is 0 Å². The fourth-order valence-corrected chi connectivity index (χ4v) is 2.91. The number of benzene rings is 1. The van der Waals surface area contributed by atoms with Gasteiger partial charge < -0.3 is 25.4 Å². The Kier molecular flexibility index (Phi) is 8.01. The molecule has 9 heteroatoms. The van der Waals surface area contributed by atoms with Crippen molar-refractivity contribution in [1.82, 2.24) is 15.2 Å². The van der Waals surface area contributed by atoms with Gasteiger partial charge in [0.05, 0.1) is 12.3 Å². The van der Waals surface area contributed by atoms with Crippen LogP contribution in [0.4, 0.5) is 0 Å². The summed E-state index contributed by atoms with van der Waals surface area (Å²) in [5.41, 5.74) is 6.41. The first-order valence-corrected chi connectivity index (χ1v) is 10.9. The zero-order chi connectivity index (χ0) is 23.8. The van der Waals surface area contributed by atoms with Crippen molar-refractivity contribution in [3.05, 3.63) is 60.1 Å². The molecule has 3 rings (SSSR count). The maximum Gasteiger partial charge on any atom is 0.279 e. The second kappa shape index (κ2) is 11.1. The molecule has 3 N–H and O–H groups in total. The summed E-state index contributed by atoms with van der Waals surface area (Å²) in [4.78, 5) is 34.8. The van der Waals surface area contributed by atoms with Gasteiger partial charge in [0.1, 0.15) is 28.8 Å². The molecule has 0 aliphatic carbocycles. The Bertz CT molecular complexity index is 1050. The van der Waals surface area contributed by atoms with E-state index < -0.39 is 5.91 Å². The van der Waals surface area contributed by atoms with Crippen LogP contribution in [0.5, 0.6) is 17.2 Å². The number of rotatable bonds is 9. The molecule has 1 atom stereocenters. The number of carbonyl (C=O) groups excluding carboxylic acids is 2. The summed E-state index contributed by atoms with van der Waals surface area (Å²) < 4.78 is 11.8. The minimum atomic E-state index is -0.527. The van der Waals surface area contributed by atoms with Crippen molar-refractivity contribution < 1.29 is 20.5 Å². The lowest BCUT2D eigenvalue weighted by Crippen LogP contribution is -2.42. The van der Waals surface area contributed by atoms with E-state index in [4.69, 9.17) is 15.2 Å². The molecule has 176 valence electrons. The number of nitrogens with zero attached hydrogens (tertiary/aromatic N) is 3. The van der Waals surface area contributed by atoms with Gasteiger partial charge in [-0.3, -0.25) is 9.59 Å². The molecule has 1 aromatic carbocycles. The first kappa shape index (κ1) is 23.8. The smallest absolute Gasteiger partial charge is 0.279 e. The third-order valence-corrected chi connectivity index (χ3v) is 5.03. The summed E-state index contributed by atoms with van der Waals surface area (Å²) >= 11 is 0. The highest BCUT2D eigenvalue weighted by Crippen LogP contribution is 2.29. The molecule has 1 aromatic heterocycles. The standard InChI is InChI=1S/C24H29N5O4.H2/c1-4-16(2)32-19-12-17(23(30)28-22(25)8-9-26-3)13-20(14-19)33-18-6-7-21(27-15-18)24(31)29-10-5-11-29;/h6-9,12-16,26H,4-5,10-11H2,1-3H3,(H2,25,28,30);1H/b9-8-;/t16-;/m0./s1. The normalized spacial score (nSPS) is 14.5. The number of hydrogen-bond acceptors (Lipinski definition) is 6. The van der Waals surface area contributed by atoms with E-state index in [1.807, 2.05) is 13.8 Å². The molecule has 9 nitrogen and oxygen atoms in total. The summed E-state index contributed by atoms with van der Waals surface area (Å²) in [5, 5.41) is 2.79. The van der Waals surface area contributed by atoms with Crippen molar-refractivity contribution in [3.63, 3.8) is 0 Å². The van der Waals surface area contributed by atoms with Crippen LogP contribution in [0.25, 0.3) is 0 Å². The number of carbonyl (C=O) groups is 2. The molecule has 0 spiro atoms. The molecule has 1 fully saturated rings. The second-order valence-electron chi connectivity index (χ2n) is 7.62. The number of amidine groups is 1. The number of nitrogens with one attached hydrogen (secondary N) is 1. The lowest BCUT2D eigenvalue weighted by Gasteiger charge is -2.30. The number of nitrogens with two attached hydrogens (primary N) is 1. The lowest BCUT2D eigenvalue weighted by molar-refractivity contribution is 0.0645. The number of likely N-dealkylation sites (tertiary alicyclic amines) is 1. The molecule has 33 heavy (non-hydrogen) atoms. The van der Waals surface area contributed by atoms with E-state index in [-0.39, 0.29) is 24.8 Å². The van der Waals surface area contributed by atoms with Gasteiger partial charge >= 0.3 is 0 Å². The third-order valence-electron chi connectivity index (χ3n) is 5.03. The highest BCUT2D eigenvalue weighted by molar-refractivity contribution is 6.06. The Morgan fingerprint density at radius 1 is 1.27 bits per heavy atom. The number of aromatic nitrogens is 1. The van der Waals surface area contributed by atoms with Crippen LogP contribution in [-0.2, 0) is 0 Å². The van der Waals surface area contributed by atoms with Crippen LogP contribution < -0.4 is 20.5 Å². The Morgan fingerprint density at radius 2 is 2.03 bits per heavy atom. The number of amides is 2. The van der Waals surface area contributed by atoms with Crippen molar-refractivity contribution in [1.29, 1.82) is 0 Å². The zero-order valence-corrected chi connectivity index (χ0v) is 19.1. The van der Waals surface area contributed by atoms with Gasteiger partial charge in [-0.15, -0.1) is 0 Å². The predicted molar refractivity (Wildman–Crippen MR) is 128 cm³/mol. The van der Waals surface area contributed by atoms with E-state index in [2.05, 4.69) is 15.3 Å². The molecule has 0 radical (unpaired) electrons. The van der Waals surface area contributed by atoms with Crippen LogP contribution in [0.3, 0.4) is 0 Å². The van der Waals surface area contributed by atoms with Crippen LogP contribution in [0.15, 0.2) is 53.8 Å². The average molecular weight is 454 g/mol. The summed E-state index contributed by atoms with van der Waals surface area (Å²) in [5.74, 6) is 0.726. The van der Waals surface area contributed by atoms with Gasteiger partial charge in [-0.1, -0.05) is 6.92 Å². The van der Waals surface area contributed by atoms with Crippen LogP contribution in [0.2, 0.25) is 0 Å². The first-order valence-electron chi connectivity index (χ1n) is 10.9. The summed E-state index contributed by atoms with van der Waals surface area (Å²) in [6.45, 7) is 5.46. The quantitative estimate of drug-likeness (QED) is 0.441. The molecule has 0 saturated carbocycles. The Labute approximate surface area is 194 Å². The Morgan fingerprint density at radius 3 is 2.64 bits per heavy atom. The van der Waals surface area contributed by atoms with Crippen molar-refractivity contribution in [3.8, 4) is 17.2 Å². The molecule has 2 amide bonds. The van der Waals surface area contributed by atoms with Gasteiger partial charge in [-0.2, -0.15) is 4.99 Å². The van der Waals surface area contributed by atoms with Crippen LogP contribution in [0.1, 0.15) is 49.0 Å². The highest BCUT2D eigenvalue weighted by Gasteiger charge is 2.22. The Balaban J connectivity index is 0.00000408. The topological polar surface area (TPSA) is 119 Å². The van der Waals surface area contributed by atoms with Gasteiger partial charge in [0, 0.05) is 33.2 Å². The second-order valence-corrected chi connectivity index (χ2v) is 7.62. The number of ether oxygens (including phenoxy) is 2. The number of aliphatic imine (C=N–C) groups is 1. The molecule has 1 aliphatic heterocycles. The molecule has 2 heterocycles. The van der Waals surface area contributed by atoms with E-state index in [9.17, 15) is 9.59 Å². The average Bonchev–Trinajstić information content (AvgIpc) is 2.76. The van der Waals surface area contributed by atoms with Crippen molar-refractivity contribution in [2.45, 2.75) is 32.8 Å². The van der Waals surface area contributed by atoms with Crippen LogP contribution in [0, 0.1) is 0 Å². The van der Waals surface area contributed by atoms with Crippen molar-refractivity contribution in [2.75, 3.05) is 20.1 Å². The maximum atomic E-state index is 12.7. The van der Waals surface area contributed by atoms with Crippen LogP contribution in [-0.4, -0.2) is 53.8 Å². The molecule has 0 unspecified atom stereocenters. The van der Waals surface area contributed by atoms with Gasteiger partial charge in [0.15, 0.2) is 0 Å². The monoisotopic (exact) mass is 453 g/mol. The fourth-order valence-electron chi connectivity index (χ4n) is 2.91. The van der Waals surface area contributed by atoms with Gasteiger partial charge in [0.25, 0.3) is 11.8 Å². The number of hydrogen-bond donors (Lipinski definition) is 2. The van der Waals surface area contributed by atoms with E-state index in [1.54, 1.807) is 48.5 Å². The summed E-state index contributed by atoms with van der Waals surface area (Å²) in [6.07, 6.45) is 6.31. The van der Waals surface area contributed by atoms with Gasteiger partial charge in [-0.25, -0.2) is 4.98 Å². The van der Waals surface area contributed by atoms with Crippen molar-refractivity contribution in [2.24, 2.45) is 10.7 Å². The molecule has 1 saturated heterocycles. The fraction of sp³-hybridized carbons (Fsp3) is 0.333. The molecule has 2 aromatic rings. The minimum Gasteiger partial charge on any atom is -0.491 e.